The summed E-state index contributed by atoms with van der Waals surface area (Å²) in [5.41, 5.74) is 4.03. The molecule has 0 atom stereocenters. The Hall–Kier alpha value is -2.75. The van der Waals surface area contributed by atoms with Crippen molar-refractivity contribution in [2.75, 3.05) is 6.54 Å². The van der Waals surface area contributed by atoms with Gasteiger partial charge in [-0.3, -0.25) is 4.79 Å². The molecule has 24 heavy (non-hydrogen) atoms. The maximum absolute atomic E-state index is 12.8. The van der Waals surface area contributed by atoms with Crippen LogP contribution in [0.15, 0.2) is 48.5 Å². The fraction of sp³-hybridized carbons (Fsp3) is 0.250. The van der Waals surface area contributed by atoms with Crippen LogP contribution in [-0.4, -0.2) is 22.6 Å². The molecule has 0 saturated heterocycles. The zero-order chi connectivity index (χ0) is 16.9. The van der Waals surface area contributed by atoms with Gasteiger partial charge in [0.15, 0.2) is 0 Å². The van der Waals surface area contributed by atoms with Gasteiger partial charge in [-0.1, -0.05) is 61.4 Å². The Bertz CT molecular complexity index is 856. The number of aromatic nitrogens is 2. The number of aryl methyl sites for hydroxylation is 1. The van der Waals surface area contributed by atoms with Crippen molar-refractivity contribution in [1.29, 1.82) is 0 Å². The van der Waals surface area contributed by atoms with E-state index in [0.717, 1.165) is 29.3 Å². The molecule has 0 spiro atoms. The van der Waals surface area contributed by atoms with Crippen LogP contribution in [0, 0.1) is 6.92 Å². The van der Waals surface area contributed by atoms with Gasteiger partial charge in [0.25, 0.3) is 5.91 Å². The van der Waals surface area contributed by atoms with Crippen molar-refractivity contribution >= 4 is 16.8 Å². The monoisotopic (exact) mass is 319 g/mol. The first-order valence-corrected chi connectivity index (χ1v) is 8.31. The summed E-state index contributed by atoms with van der Waals surface area (Å²) < 4.78 is 0. The molecule has 4 heteroatoms. The van der Waals surface area contributed by atoms with Gasteiger partial charge >= 0.3 is 0 Å². The molecule has 0 bridgehead atoms. The molecule has 0 saturated carbocycles. The van der Waals surface area contributed by atoms with Crippen LogP contribution in [0.25, 0.3) is 22.2 Å². The Balaban J connectivity index is 2.12. The molecule has 0 fully saturated rings. The summed E-state index contributed by atoms with van der Waals surface area (Å²) in [6, 6.07) is 15.6. The summed E-state index contributed by atoms with van der Waals surface area (Å²) >= 11 is 0. The minimum atomic E-state index is -0.0925. The molecule has 2 aromatic carbocycles. The standard InChI is InChI=1S/C20H21N3O/c1-3-4-13-21-20(24)18-16-7-5-6-8-17(16)22-23-19(18)15-11-9-14(2)10-12-15/h5-12H,3-4,13H2,1-2H3,(H,21,24). The van der Waals surface area contributed by atoms with Gasteiger partial charge in [0, 0.05) is 17.5 Å². The van der Waals surface area contributed by atoms with E-state index in [0.29, 0.717) is 17.8 Å². The maximum Gasteiger partial charge on any atom is 0.254 e. The summed E-state index contributed by atoms with van der Waals surface area (Å²) in [5.74, 6) is -0.0925. The Labute approximate surface area is 141 Å². The van der Waals surface area contributed by atoms with E-state index in [1.54, 1.807) is 0 Å². The number of rotatable bonds is 5. The van der Waals surface area contributed by atoms with Gasteiger partial charge in [0.2, 0.25) is 0 Å². The van der Waals surface area contributed by atoms with Crippen LogP contribution in [0.5, 0.6) is 0 Å². The average Bonchev–Trinajstić information content (AvgIpc) is 2.61. The molecule has 1 amide bonds. The predicted octanol–water partition coefficient (Wildman–Crippen LogP) is 4.14. The molecule has 0 aliphatic rings. The number of carbonyl (C=O) groups excluding carboxylic acids is 1. The third-order valence-electron chi connectivity index (χ3n) is 4.04. The van der Waals surface area contributed by atoms with Crippen LogP contribution in [0.3, 0.4) is 0 Å². The van der Waals surface area contributed by atoms with Gasteiger partial charge in [-0.05, 0) is 19.4 Å². The van der Waals surface area contributed by atoms with Crippen molar-refractivity contribution in [1.82, 2.24) is 15.5 Å². The Morgan fingerprint density at radius 1 is 1.04 bits per heavy atom. The number of amides is 1. The first-order chi connectivity index (χ1) is 11.7. The second-order valence-electron chi connectivity index (χ2n) is 5.92. The number of hydrogen-bond acceptors (Lipinski definition) is 3. The lowest BCUT2D eigenvalue weighted by atomic mass is 10.0. The SMILES string of the molecule is CCCCNC(=O)c1c(-c2ccc(C)cc2)nnc2ccccc12. The molecule has 0 unspecified atom stereocenters. The van der Waals surface area contributed by atoms with Crippen molar-refractivity contribution in [3.05, 3.63) is 59.7 Å². The molecule has 1 heterocycles. The van der Waals surface area contributed by atoms with Gasteiger partial charge in [0.05, 0.1) is 11.1 Å². The molecule has 0 radical (unpaired) electrons. The molecule has 3 aromatic rings. The molecule has 0 aliphatic heterocycles. The number of carbonyl (C=O) groups is 1. The molecular formula is C20H21N3O. The van der Waals surface area contributed by atoms with E-state index in [-0.39, 0.29) is 5.91 Å². The molecule has 4 nitrogen and oxygen atoms in total. The lowest BCUT2D eigenvalue weighted by molar-refractivity contribution is 0.0955. The second kappa shape index (κ2) is 7.21. The highest BCUT2D eigenvalue weighted by Crippen LogP contribution is 2.27. The molecule has 0 aliphatic carbocycles. The highest BCUT2D eigenvalue weighted by atomic mass is 16.1. The van der Waals surface area contributed by atoms with Crippen LogP contribution in [0.2, 0.25) is 0 Å². The summed E-state index contributed by atoms with van der Waals surface area (Å²) in [4.78, 5) is 12.8. The normalized spacial score (nSPS) is 10.8. The van der Waals surface area contributed by atoms with Gasteiger partial charge in [-0.15, -0.1) is 10.2 Å². The van der Waals surface area contributed by atoms with Crippen LogP contribution in [0.1, 0.15) is 35.7 Å². The van der Waals surface area contributed by atoms with E-state index < -0.39 is 0 Å². The Morgan fingerprint density at radius 2 is 1.79 bits per heavy atom. The van der Waals surface area contributed by atoms with Crippen LogP contribution in [-0.2, 0) is 0 Å². The van der Waals surface area contributed by atoms with Crippen molar-refractivity contribution in [2.24, 2.45) is 0 Å². The van der Waals surface area contributed by atoms with Crippen LogP contribution < -0.4 is 5.32 Å². The number of nitrogens with zero attached hydrogens (tertiary/aromatic N) is 2. The van der Waals surface area contributed by atoms with Gasteiger partial charge in [-0.2, -0.15) is 0 Å². The minimum Gasteiger partial charge on any atom is -0.352 e. The predicted molar refractivity (Wildman–Crippen MR) is 97.0 cm³/mol. The maximum atomic E-state index is 12.8. The Kier molecular flexibility index (Phi) is 4.85. The van der Waals surface area contributed by atoms with Crippen molar-refractivity contribution in [2.45, 2.75) is 26.7 Å². The first kappa shape index (κ1) is 16.1. The third kappa shape index (κ3) is 3.27. The second-order valence-corrected chi connectivity index (χ2v) is 5.92. The van der Waals surface area contributed by atoms with E-state index >= 15 is 0 Å². The van der Waals surface area contributed by atoms with E-state index in [4.69, 9.17) is 0 Å². The van der Waals surface area contributed by atoms with Crippen molar-refractivity contribution in [3.8, 4) is 11.3 Å². The van der Waals surface area contributed by atoms with E-state index in [9.17, 15) is 4.79 Å². The topological polar surface area (TPSA) is 54.9 Å². The molecule has 1 N–H and O–H groups in total. The highest BCUT2D eigenvalue weighted by Gasteiger charge is 2.18. The number of fused-ring (bicyclic) bond motifs is 1. The molecule has 122 valence electrons. The fourth-order valence-corrected chi connectivity index (χ4v) is 2.66. The highest BCUT2D eigenvalue weighted by molar-refractivity contribution is 6.10. The number of unbranched alkanes of at least 4 members (excludes halogenated alkanes) is 1. The summed E-state index contributed by atoms with van der Waals surface area (Å²) in [5, 5.41) is 12.5. The fourth-order valence-electron chi connectivity index (χ4n) is 2.66. The first-order valence-electron chi connectivity index (χ1n) is 8.31. The molecular weight excluding hydrogens is 298 g/mol. The summed E-state index contributed by atoms with van der Waals surface area (Å²) in [7, 11) is 0. The summed E-state index contributed by atoms with van der Waals surface area (Å²) in [6.45, 7) is 4.81. The average molecular weight is 319 g/mol. The van der Waals surface area contributed by atoms with Crippen molar-refractivity contribution in [3.63, 3.8) is 0 Å². The third-order valence-corrected chi connectivity index (χ3v) is 4.04. The van der Waals surface area contributed by atoms with E-state index in [2.05, 4.69) is 22.4 Å². The molecule has 3 rings (SSSR count). The quantitative estimate of drug-likeness (QED) is 0.719. The van der Waals surface area contributed by atoms with Gasteiger partial charge in [0.1, 0.15) is 5.69 Å². The van der Waals surface area contributed by atoms with Gasteiger partial charge < -0.3 is 5.32 Å². The zero-order valence-corrected chi connectivity index (χ0v) is 14.0. The van der Waals surface area contributed by atoms with E-state index in [1.807, 2.05) is 55.5 Å². The number of hydrogen-bond donors (Lipinski definition) is 1. The van der Waals surface area contributed by atoms with Gasteiger partial charge in [-0.25, -0.2) is 0 Å². The number of nitrogens with one attached hydrogen (secondary N) is 1. The van der Waals surface area contributed by atoms with E-state index in [1.165, 1.54) is 5.56 Å². The van der Waals surface area contributed by atoms with Crippen LogP contribution in [0.4, 0.5) is 0 Å². The summed E-state index contributed by atoms with van der Waals surface area (Å²) in [6.07, 6.45) is 2.00. The number of benzene rings is 2. The zero-order valence-electron chi connectivity index (χ0n) is 14.0. The largest absolute Gasteiger partial charge is 0.352 e. The Morgan fingerprint density at radius 3 is 2.54 bits per heavy atom. The molecule has 1 aromatic heterocycles. The lowest BCUT2D eigenvalue weighted by Gasteiger charge is -2.12. The minimum absolute atomic E-state index is 0.0925. The smallest absolute Gasteiger partial charge is 0.254 e. The lowest BCUT2D eigenvalue weighted by Crippen LogP contribution is -2.25. The van der Waals surface area contributed by atoms with Crippen molar-refractivity contribution < 1.29 is 4.79 Å². The van der Waals surface area contributed by atoms with Crippen LogP contribution >= 0.6 is 0 Å².